The molecule has 0 bridgehead atoms. The van der Waals surface area contributed by atoms with E-state index in [1.165, 1.54) is 31.3 Å². The van der Waals surface area contributed by atoms with Gasteiger partial charge in [-0.3, -0.25) is 0 Å². The number of sulfonamides is 1. The Labute approximate surface area is 124 Å². The quantitative estimate of drug-likeness (QED) is 0.584. The highest BCUT2D eigenvalue weighted by molar-refractivity contribution is 7.89. The Balaban J connectivity index is 2.74. The molecular formula is C13H20N2O5S. The molecule has 3 N–H and O–H groups in total. The maximum atomic E-state index is 11.6. The van der Waals surface area contributed by atoms with E-state index >= 15 is 0 Å². The van der Waals surface area contributed by atoms with Crippen LogP contribution < -0.4 is 10.0 Å². The minimum Gasteiger partial charge on any atom is -0.480 e. The van der Waals surface area contributed by atoms with Gasteiger partial charge in [0.2, 0.25) is 10.0 Å². The average molecular weight is 316 g/mol. The van der Waals surface area contributed by atoms with E-state index in [0.29, 0.717) is 25.1 Å². The van der Waals surface area contributed by atoms with Gasteiger partial charge in [0.05, 0.1) is 4.90 Å². The van der Waals surface area contributed by atoms with E-state index in [1.807, 2.05) is 0 Å². The second-order valence-electron chi connectivity index (χ2n) is 4.40. The van der Waals surface area contributed by atoms with Gasteiger partial charge in [0.25, 0.3) is 0 Å². The van der Waals surface area contributed by atoms with Crippen LogP contribution in [0.15, 0.2) is 29.2 Å². The predicted octanol–water partition coefficient (Wildman–Crippen LogP) is 0.886. The smallest absolute Gasteiger partial charge is 0.326 e. The molecule has 0 spiro atoms. The maximum Gasteiger partial charge on any atom is 0.326 e. The number of nitrogens with one attached hydrogen (secondary N) is 2. The molecule has 0 amide bonds. The normalized spacial score (nSPS) is 12.9. The van der Waals surface area contributed by atoms with E-state index < -0.39 is 22.0 Å². The Morgan fingerprint density at radius 2 is 1.95 bits per heavy atom. The first-order valence-electron chi connectivity index (χ1n) is 6.42. The number of carboxylic acids is 1. The van der Waals surface area contributed by atoms with Crippen LogP contribution in [-0.2, 0) is 19.6 Å². The van der Waals surface area contributed by atoms with Crippen molar-refractivity contribution in [3.8, 4) is 0 Å². The molecule has 8 heteroatoms. The summed E-state index contributed by atoms with van der Waals surface area (Å²) in [7, 11) is -0.597. The van der Waals surface area contributed by atoms with Crippen LogP contribution in [0.4, 0.5) is 5.69 Å². The SMILES string of the molecule is CNS(=O)(=O)c1ccc(NC(CCCOC)C(=O)O)cc1. The van der Waals surface area contributed by atoms with Crippen LogP contribution in [0.3, 0.4) is 0 Å². The summed E-state index contributed by atoms with van der Waals surface area (Å²) >= 11 is 0. The van der Waals surface area contributed by atoms with E-state index in [1.54, 1.807) is 7.11 Å². The van der Waals surface area contributed by atoms with Gasteiger partial charge in [0, 0.05) is 19.4 Å². The summed E-state index contributed by atoms with van der Waals surface area (Å²) in [6.07, 6.45) is 1.03. The van der Waals surface area contributed by atoms with Crippen LogP contribution in [0.2, 0.25) is 0 Å². The summed E-state index contributed by atoms with van der Waals surface area (Å²) in [5.41, 5.74) is 0.551. The standard InChI is InChI=1S/C13H20N2O5S/c1-14-21(18,19)11-7-5-10(6-8-11)15-12(13(16)17)4-3-9-20-2/h5-8,12,14-15H,3-4,9H2,1-2H3,(H,16,17). The Kier molecular flexibility index (Phi) is 6.60. The number of anilines is 1. The number of carboxylic acid groups (broad SMARTS) is 1. The number of hydrogen-bond acceptors (Lipinski definition) is 5. The molecular weight excluding hydrogens is 296 g/mol. The molecule has 1 aromatic carbocycles. The third-order valence-corrected chi connectivity index (χ3v) is 4.34. The zero-order chi connectivity index (χ0) is 15.9. The molecule has 0 aliphatic rings. The second-order valence-corrected chi connectivity index (χ2v) is 6.29. The largest absolute Gasteiger partial charge is 0.480 e. The summed E-state index contributed by atoms with van der Waals surface area (Å²) < 4.78 is 30.3. The first kappa shape index (κ1) is 17.4. The average Bonchev–Trinajstić information content (AvgIpc) is 2.46. The zero-order valence-electron chi connectivity index (χ0n) is 12.0. The highest BCUT2D eigenvalue weighted by Gasteiger charge is 2.17. The summed E-state index contributed by atoms with van der Waals surface area (Å²) in [4.78, 5) is 11.3. The molecule has 1 aromatic rings. The molecule has 1 atom stereocenters. The number of ether oxygens (including phenoxy) is 1. The fourth-order valence-electron chi connectivity index (χ4n) is 1.74. The first-order chi connectivity index (χ1) is 9.90. The third kappa shape index (κ3) is 5.33. The van der Waals surface area contributed by atoms with Crippen molar-refractivity contribution in [3.05, 3.63) is 24.3 Å². The van der Waals surface area contributed by atoms with Gasteiger partial charge >= 0.3 is 5.97 Å². The van der Waals surface area contributed by atoms with Crippen LogP contribution in [0, 0.1) is 0 Å². The fourth-order valence-corrected chi connectivity index (χ4v) is 2.47. The van der Waals surface area contributed by atoms with Gasteiger partial charge in [-0.25, -0.2) is 17.9 Å². The number of methoxy groups -OCH3 is 1. The molecule has 0 aliphatic carbocycles. The van der Waals surface area contributed by atoms with Crippen molar-refractivity contribution in [3.63, 3.8) is 0 Å². The highest BCUT2D eigenvalue weighted by Crippen LogP contribution is 2.15. The molecule has 0 radical (unpaired) electrons. The molecule has 0 aliphatic heterocycles. The van der Waals surface area contributed by atoms with E-state index in [2.05, 4.69) is 10.0 Å². The molecule has 1 rings (SSSR count). The lowest BCUT2D eigenvalue weighted by atomic mass is 10.1. The molecule has 118 valence electrons. The number of benzene rings is 1. The summed E-state index contributed by atoms with van der Waals surface area (Å²) in [6, 6.07) is 5.17. The second kappa shape index (κ2) is 7.96. The molecule has 7 nitrogen and oxygen atoms in total. The maximum absolute atomic E-state index is 11.6. The van der Waals surface area contributed by atoms with Crippen molar-refractivity contribution >= 4 is 21.7 Å². The van der Waals surface area contributed by atoms with Crippen molar-refractivity contribution in [2.24, 2.45) is 0 Å². The fraction of sp³-hybridized carbons (Fsp3) is 0.462. The number of rotatable bonds is 9. The van der Waals surface area contributed by atoms with E-state index in [-0.39, 0.29) is 4.90 Å². The van der Waals surface area contributed by atoms with Crippen molar-refractivity contribution in [2.45, 2.75) is 23.8 Å². The van der Waals surface area contributed by atoms with Gasteiger partial charge in [-0.2, -0.15) is 0 Å². The summed E-state index contributed by atoms with van der Waals surface area (Å²) in [6.45, 7) is 0.491. The topological polar surface area (TPSA) is 105 Å². The molecule has 0 saturated carbocycles. The minimum absolute atomic E-state index is 0.127. The van der Waals surface area contributed by atoms with Crippen molar-refractivity contribution < 1.29 is 23.1 Å². The van der Waals surface area contributed by atoms with Crippen molar-refractivity contribution in [2.75, 3.05) is 26.1 Å². The lowest BCUT2D eigenvalue weighted by molar-refractivity contribution is -0.138. The Morgan fingerprint density at radius 3 is 2.43 bits per heavy atom. The number of aliphatic carboxylic acids is 1. The molecule has 0 aromatic heterocycles. The molecule has 0 fully saturated rings. The van der Waals surface area contributed by atoms with Gasteiger partial charge < -0.3 is 15.2 Å². The van der Waals surface area contributed by atoms with E-state index in [4.69, 9.17) is 9.84 Å². The number of hydrogen-bond donors (Lipinski definition) is 3. The molecule has 0 saturated heterocycles. The van der Waals surface area contributed by atoms with Gasteiger partial charge in [0.15, 0.2) is 0 Å². The molecule has 0 heterocycles. The lowest BCUT2D eigenvalue weighted by Gasteiger charge is -2.15. The van der Waals surface area contributed by atoms with Crippen molar-refractivity contribution in [1.82, 2.24) is 4.72 Å². The van der Waals surface area contributed by atoms with Gasteiger partial charge in [-0.1, -0.05) is 0 Å². The minimum atomic E-state index is -3.49. The van der Waals surface area contributed by atoms with Crippen LogP contribution in [0.1, 0.15) is 12.8 Å². The first-order valence-corrected chi connectivity index (χ1v) is 7.91. The summed E-state index contributed by atoms with van der Waals surface area (Å²) in [5, 5.41) is 12.0. The highest BCUT2D eigenvalue weighted by atomic mass is 32.2. The zero-order valence-corrected chi connectivity index (χ0v) is 12.8. The van der Waals surface area contributed by atoms with Crippen LogP contribution in [-0.4, -0.2) is 46.3 Å². The molecule has 1 unspecified atom stereocenters. The van der Waals surface area contributed by atoms with Crippen LogP contribution in [0.5, 0.6) is 0 Å². The van der Waals surface area contributed by atoms with Crippen molar-refractivity contribution in [1.29, 1.82) is 0 Å². The predicted molar refractivity (Wildman–Crippen MR) is 78.8 cm³/mol. The summed E-state index contributed by atoms with van der Waals surface area (Å²) in [5.74, 6) is -0.960. The Hall–Kier alpha value is -1.64. The van der Waals surface area contributed by atoms with Gasteiger partial charge in [0.1, 0.15) is 6.04 Å². The van der Waals surface area contributed by atoms with Gasteiger partial charge in [-0.15, -0.1) is 0 Å². The van der Waals surface area contributed by atoms with E-state index in [0.717, 1.165) is 0 Å². The van der Waals surface area contributed by atoms with Crippen LogP contribution >= 0.6 is 0 Å². The Bertz CT molecular complexity index is 556. The lowest BCUT2D eigenvalue weighted by Crippen LogP contribution is -2.29. The van der Waals surface area contributed by atoms with Gasteiger partial charge in [-0.05, 0) is 44.2 Å². The number of carbonyl (C=O) groups is 1. The monoisotopic (exact) mass is 316 g/mol. The molecule has 21 heavy (non-hydrogen) atoms. The third-order valence-electron chi connectivity index (χ3n) is 2.91. The van der Waals surface area contributed by atoms with Crippen LogP contribution in [0.25, 0.3) is 0 Å². The Morgan fingerprint density at radius 1 is 1.33 bits per heavy atom. The van der Waals surface area contributed by atoms with E-state index in [9.17, 15) is 13.2 Å².